The summed E-state index contributed by atoms with van der Waals surface area (Å²) < 4.78 is 0. The summed E-state index contributed by atoms with van der Waals surface area (Å²) in [6.07, 6.45) is 18.9. The quantitative estimate of drug-likeness (QED) is 0.188. The Bertz CT molecular complexity index is 846. The van der Waals surface area contributed by atoms with Crippen molar-refractivity contribution in [1.82, 2.24) is 0 Å². The van der Waals surface area contributed by atoms with Crippen LogP contribution in [-0.4, -0.2) is 40.0 Å². The summed E-state index contributed by atoms with van der Waals surface area (Å²) in [4.78, 5) is 12.4. The number of hydrogen-bond acceptors (Lipinski definition) is 4. The van der Waals surface area contributed by atoms with E-state index in [4.69, 9.17) is 5.73 Å². The topological polar surface area (TPSA) is 104 Å². The predicted octanol–water partition coefficient (Wildman–Crippen LogP) is 5.75. The first-order valence-corrected chi connectivity index (χ1v) is 14.6. The molecule has 0 aliphatic heterocycles. The summed E-state index contributed by atoms with van der Waals surface area (Å²) in [5.74, 6) is -0.877. The lowest BCUT2D eigenvalue weighted by molar-refractivity contribution is -0.151. The maximum Gasteiger partial charge on any atom is 0.309 e. The zero-order valence-corrected chi connectivity index (χ0v) is 22.6. The monoisotopic (exact) mass is 511 g/mol. The highest BCUT2D eigenvalue weighted by Crippen LogP contribution is 2.45. The molecular weight excluding hydrogens is 462 g/mol. The summed E-state index contributed by atoms with van der Waals surface area (Å²) in [6, 6.07) is 10.2. The second kappa shape index (κ2) is 15.5. The zero-order valence-electron chi connectivity index (χ0n) is 22.6. The minimum atomic E-state index is -0.929. The van der Waals surface area contributed by atoms with Crippen LogP contribution in [0.3, 0.4) is 0 Å². The molecule has 5 heteroatoms. The number of carboxylic acids is 1. The summed E-state index contributed by atoms with van der Waals surface area (Å²) in [7, 11) is 0. The van der Waals surface area contributed by atoms with E-state index >= 15 is 0 Å². The molecule has 0 spiro atoms. The molecule has 2 aliphatic carbocycles. The molecular formula is C32H49NO4. The highest BCUT2D eigenvalue weighted by Gasteiger charge is 2.44. The summed E-state index contributed by atoms with van der Waals surface area (Å²) in [5, 5.41) is 31.1. The lowest BCUT2D eigenvalue weighted by atomic mass is 9.61. The van der Waals surface area contributed by atoms with E-state index in [0.29, 0.717) is 12.5 Å². The normalized spacial score (nSPS) is 27.2. The molecule has 206 valence electrons. The van der Waals surface area contributed by atoms with Crippen molar-refractivity contribution in [2.75, 3.05) is 6.54 Å². The number of nitrogens with two attached hydrogens (primary N) is 1. The van der Waals surface area contributed by atoms with Gasteiger partial charge in [-0.05, 0) is 87.1 Å². The Kier molecular flexibility index (Phi) is 12.4. The molecule has 0 heterocycles. The zero-order chi connectivity index (χ0) is 26.6. The third-order valence-corrected chi connectivity index (χ3v) is 8.74. The van der Waals surface area contributed by atoms with Gasteiger partial charge < -0.3 is 21.1 Å². The molecule has 7 atom stereocenters. The first-order valence-electron chi connectivity index (χ1n) is 14.6. The molecule has 1 aromatic rings. The first-order chi connectivity index (χ1) is 17.9. The highest BCUT2D eigenvalue weighted by molar-refractivity contribution is 5.71. The van der Waals surface area contributed by atoms with Crippen LogP contribution in [0.2, 0.25) is 0 Å². The lowest BCUT2D eigenvalue weighted by Gasteiger charge is -2.44. The molecule has 5 nitrogen and oxygen atoms in total. The number of aliphatic hydroxyl groups is 2. The van der Waals surface area contributed by atoms with Gasteiger partial charge in [-0.25, -0.2) is 0 Å². The van der Waals surface area contributed by atoms with Crippen LogP contribution in [0.15, 0.2) is 54.6 Å². The molecule has 2 aliphatic rings. The average Bonchev–Trinajstić information content (AvgIpc) is 2.87. The molecule has 0 saturated heterocycles. The van der Waals surface area contributed by atoms with Crippen molar-refractivity contribution in [3.63, 3.8) is 0 Å². The van der Waals surface area contributed by atoms with Crippen molar-refractivity contribution in [2.24, 2.45) is 41.2 Å². The summed E-state index contributed by atoms with van der Waals surface area (Å²) in [6.45, 7) is 2.11. The second-order valence-corrected chi connectivity index (χ2v) is 11.5. The van der Waals surface area contributed by atoms with Gasteiger partial charge in [0.2, 0.25) is 0 Å². The third kappa shape index (κ3) is 9.08. The Morgan fingerprint density at radius 1 is 1.05 bits per heavy atom. The molecule has 5 N–H and O–H groups in total. The van der Waals surface area contributed by atoms with Crippen LogP contribution in [0.4, 0.5) is 0 Å². The fourth-order valence-corrected chi connectivity index (χ4v) is 6.95. The number of unbranched alkanes of at least 4 members (excludes halogenated alkanes) is 1. The van der Waals surface area contributed by atoms with Crippen LogP contribution in [-0.2, 0) is 11.2 Å². The van der Waals surface area contributed by atoms with Gasteiger partial charge in [-0.2, -0.15) is 0 Å². The molecule has 0 unspecified atom stereocenters. The number of rotatable bonds is 14. The minimum absolute atomic E-state index is 0.0423. The minimum Gasteiger partial charge on any atom is -0.481 e. The van der Waals surface area contributed by atoms with Gasteiger partial charge in [-0.15, -0.1) is 0 Å². The van der Waals surface area contributed by atoms with E-state index in [2.05, 4.69) is 30.4 Å². The number of aliphatic hydroxyl groups excluding tert-OH is 2. The van der Waals surface area contributed by atoms with Crippen LogP contribution in [0.1, 0.15) is 76.7 Å². The van der Waals surface area contributed by atoms with E-state index in [-0.39, 0.29) is 29.8 Å². The van der Waals surface area contributed by atoms with Gasteiger partial charge in [0.1, 0.15) is 0 Å². The van der Waals surface area contributed by atoms with Crippen molar-refractivity contribution in [2.45, 2.75) is 89.8 Å². The smallest absolute Gasteiger partial charge is 0.309 e. The van der Waals surface area contributed by atoms with Crippen LogP contribution in [0.25, 0.3) is 0 Å². The first kappa shape index (κ1) is 29.6. The Hall–Kier alpha value is -1.95. The summed E-state index contributed by atoms with van der Waals surface area (Å²) in [5.41, 5.74) is 7.23. The fourth-order valence-electron chi connectivity index (χ4n) is 6.95. The van der Waals surface area contributed by atoms with Gasteiger partial charge in [0.25, 0.3) is 0 Å². The Balaban J connectivity index is 1.65. The van der Waals surface area contributed by atoms with Crippen LogP contribution in [0, 0.1) is 35.5 Å². The predicted molar refractivity (Wildman–Crippen MR) is 150 cm³/mol. The largest absolute Gasteiger partial charge is 0.481 e. The van der Waals surface area contributed by atoms with Crippen LogP contribution in [0.5, 0.6) is 0 Å². The number of benzene rings is 1. The fraction of sp³-hybridized carbons (Fsp3) is 0.656. The van der Waals surface area contributed by atoms with Crippen LogP contribution < -0.4 is 5.73 Å². The number of carboxylic acid groups (broad SMARTS) is 1. The van der Waals surface area contributed by atoms with Crippen molar-refractivity contribution in [1.29, 1.82) is 0 Å². The van der Waals surface area contributed by atoms with E-state index in [1.54, 1.807) is 6.92 Å². The van der Waals surface area contributed by atoms with Gasteiger partial charge in [-0.1, -0.05) is 86.7 Å². The molecule has 0 radical (unpaired) electrons. The Morgan fingerprint density at radius 3 is 2.41 bits per heavy atom. The van der Waals surface area contributed by atoms with E-state index in [0.717, 1.165) is 38.5 Å². The molecule has 0 bridgehead atoms. The summed E-state index contributed by atoms with van der Waals surface area (Å²) >= 11 is 0. The van der Waals surface area contributed by atoms with Crippen LogP contribution >= 0.6 is 0 Å². The number of allylic oxidation sites excluding steroid dienone is 3. The van der Waals surface area contributed by atoms with E-state index < -0.39 is 18.0 Å². The maximum atomic E-state index is 12.4. The van der Waals surface area contributed by atoms with Gasteiger partial charge in [0, 0.05) is 0 Å². The van der Waals surface area contributed by atoms with E-state index in [1.807, 2.05) is 24.3 Å². The average molecular weight is 512 g/mol. The Labute approximate surface area is 223 Å². The molecule has 37 heavy (non-hydrogen) atoms. The SMILES string of the molecule is C[C@H](O)[C@H](C(=O)O)[C@@H]1[C@@H](CCN)[C@H](CCC/C=C\[C@H](O)CC2CCCCC2)C=C[C@H]1Cc1ccccc1. The highest BCUT2D eigenvalue weighted by atomic mass is 16.4. The standard InChI is InChI=1S/C32H49NO4/c1-23(34)30(32(36)37)31-27(21-24-11-5-2-6-12-24)18-17-26(29(31)19-20-33)15-9-4-10-16-28(35)22-25-13-7-3-8-14-25/h2,5-6,10-12,16-18,23,25-31,34-35H,3-4,7-9,13-15,19-22,33H2,1H3,(H,36,37)/b16-10-/t23-,26+,27-,28-,29-,30-,31-/m0/s1. The van der Waals surface area contributed by atoms with Gasteiger partial charge in [-0.3, -0.25) is 4.79 Å². The maximum absolute atomic E-state index is 12.4. The van der Waals surface area contributed by atoms with Crippen molar-refractivity contribution in [3.05, 3.63) is 60.2 Å². The Morgan fingerprint density at radius 2 is 1.76 bits per heavy atom. The van der Waals surface area contributed by atoms with Gasteiger partial charge in [0.05, 0.1) is 18.1 Å². The molecule has 1 aromatic carbocycles. The third-order valence-electron chi connectivity index (χ3n) is 8.74. The van der Waals surface area contributed by atoms with Crippen molar-refractivity contribution < 1.29 is 20.1 Å². The van der Waals surface area contributed by atoms with E-state index in [1.165, 1.54) is 37.7 Å². The number of carbonyl (C=O) groups is 1. The van der Waals surface area contributed by atoms with Crippen molar-refractivity contribution >= 4 is 5.97 Å². The van der Waals surface area contributed by atoms with Gasteiger partial charge >= 0.3 is 5.97 Å². The molecule has 1 fully saturated rings. The number of aliphatic carboxylic acids is 1. The molecule has 3 rings (SSSR count). The van der Waals surface area contributed by atoms with Gasteiger partial charge in [0.15, 0.2) is 0 Å². The molecule has 0 amide bonds. The van der Waals surface area contributed by atoms with Crippen molar-refractivity contribution in [3.8, 4) is 0 Å². The second-order valence-electron chi connectivity index (χ2n) is 11.5. The number of hydrogen-bond donors (Lipinski definition) is 4. The molecule has 1 saturated carbocycles. The molecule has 0 aromatic heterocycles. The lowest BCUT2D eigenvalue weighted by Crippen LogP contribution is -2.45. The van der Waals surface area contributed by atoms with E-state index in [9.17, 15) is 20.1 Å².